The molecule has 0 aliphatic carbocycles. The number of aromatic nitrogens is 5. The summed E-state index contributed by atoms with van der Waals surface area (Å²) < 4.78 is 7.15. The van der Waals surface area contributed by atoms with Crippen molar-refractivity contribution in [2.24, 2.45) is 0 Å². The highest BCUT2D eigenvalue weighted by Gasteiger charge is 2.16. The first-order chi connectivity index (χ1) is 16.0. The van der Waals surface area contributed by atoms with Crippen molar-refractivity contribution < 1.29 is 14.5 Å². The van der Waals surface area contributed by atoms with Crippen LogP contribution in [0, 0.1) is 10.1 Å². The van der Waals surface area contributed by atoms with E-state index in [-0.39, 0.29) is 17.3 Å². The lowest BCUT2D eigenvalue weighted by Gasteiger charge is -2.10. The number of para-hydroxylation sites is 2. The van der Waals surface area contributed by atoms with Crippen LogP contribution in [0.25, 0.3) is 16.9 Å². The number of tetrazole rings is 1. The average Bonchev–Trinajstić information content (AvgIpc) is 3.48. The standard InChI is InChI=1S/C20H17N7O4S2/c1-2-31-17-9-4-3-8-16(17)26-20(23-24-25-26)33-12-18(28)22-19-21-15(11-32-19)13-6-5-7-14(10-13)27(29)30/h3-11H,2,12H2,1H3,(H,21,22,28). The Morgan fingerprint density at radius 3 is 2.94 bits per heavy atom. The van der Waals surface area contributed by atoms with Crippen molar-refractivity contribution in [2.75, 3.05) is 17.7 Å². The van der Waals surface area contributed by atoms with Crippen molar-refractivity contribution in [3.8, 4) is 22.7 Å². The molecule has 1 amide bonds. The highest BCUT2D eigenvalue weighted by molar-refractivity contribution is 7.99. The molecule has 0 atom stereocenters. The summed E-state index contributed by atoms with van der Waals surface area (Å²) in [4.78, 5) is 27.3. The maximum atomic E-state index is 12.5. The van der Waals surface area contributed by atoms with Gasteiger partial charge in [0.05, 0.1) is 23.0 Å². The van der Waals surface area contributed by atoms with E-state index >= 15 is 0 Å². The molecule has 0 aliphatic rings. The lowest BCUT2D eigenvalue weighted by Crippen LogP contribution is -2.14. The number of thiazole rings is 1. The first-order valence-electron chi connectivity index (χ1n) is 9.68. The third-order valence-corrected chi connectivity index (χ3v) is 5.95. The molecule has 2 aromatic heterocycles. The van der Waals surface area contributed by atoms with Crippen LogP contribution < -0.4 is 10.1 Å². The number of benzene rings is 2. The van der Waals surface area contributed by atoms with Gasteiger partial charge in [-0.15, -0.1) is 16.4 Å². The number of nitro benzene ring substituents is 1. The van der Waals surface area contributed by atoms with E-state index in [0.717, 1.165) is 0 Å². The number of ether oxygens (including phenoxy) is 1. The van der Waals surface area contributed by atoms with Crippen LogP contribution in [0.4, 0.5) is 10.8 Å². The normalized spacial score (nSPS) is 10.7. The van der Waals surface area contributed by atoms with E-state index in [1.807, 2.05) is 31.2 Å². The quantitative estimate of drug-likeness (QED) is 0.214. The smallest absolute Gasteiger partial charge is 0.270 e. The summed E-state index contributed by atoms with van der Waals surface area (Å²) in [6, 6.07) is 13.5. The number of nitro groups is 1. The van der Waals surface area contributed by atoms with Gasteiger partial charge in [0.15, 0.2) is 5.13 Å². The van der Waals surface area contributed by atoms with Gasteiger partial charge in [-0.3, -0.25) is 14.9 Å². The fourth-order valence-electron chi connectivity index (χ4n) is 2.86. The van der Waals surface area contributed by atoms with Gasteiger partial charge >= 0.3 is 0 Å². The minimum absolute atomic E-state index is 0.0221. The number of anilines is 1. The molecule has 0 saturated heterocycles. The molecule has 4 rings (SSSR count). The van der Waals surface area contributed by atoms with Crippen molar-refractivity contribution in [3.63, 3.8) is 0 Å². The van der Waals surface area contributed by atoms with Gasteiger partial charge in [0.2, 0.25) is 11.1 Å². The number of thioether (sulfide) groups is 1. The molecular weight excluding hydrogens is 466 g/mol. The van der Waals surface area contributed by atoms with E-state index in [1.54, 1.807) is 17.5 Å². The van der Waals surface area contributed by atoms with Gasteiger partial charge in [0, 0.05) is 23.1 Å². The fourth-order valence-corrected chi connectivity index (χ4v) is 4.28. The monoisotopic (exact) mass is 483 g/mol. The molecular formula is C20H17N7O4S2. The van der Waals surface area contributed by atoms with Gasteiger partial charge in [0.1, 0.15) is 11.4 Å². The van der Waals surface area contributed by atoms with Crippen LogP contribution in [-0.4, -0.2) is 48.4 Å². The van der Waals surface area contributed by atoms with Gasteiger partial charge in [0.25, 0.3) is 5.69 Å². The van der Waals surface area contributed by atoms with Gasteiger partial charge < -0.3 is 10.1 Å². The molecule has 1 N–H and O–H groups in total. The summed E-state index contributed by atoms with van der Waals surface area (Å²) in [5, 5.41) is 28.0. The number of hydrogen-bond acceptors (Lipinski definition) is 10. The van der Waals surface area contributed by atoms with E-state index in [4.69, 9.17) is 4.74 Å². The molecule has 2 heterocycles. The van der Waals surface area contributed by atoms with Crippen LogP contribution in [-0.2, 0) is 4.79 Å². The zero-order chi connectivity index (χ0) is 23.2. The van der Waals surface area contributed by atoms with Gasteiger partial charge in [-0.05, 0) is 29.5 Å². The summed E-state index contributed by atoms with van der Waals surface area (Å²) in [6.45, 7) is 2.38. The highest BCUT2D eigenvalue weighted by atomic mass is 32.2. The molecule has 33 heavy (non-hydrogen) atoms. The number of hydrogen-bond donors (Lipinski definition) is 1. The number of carbonyl (C=O) groups is 1. The van der Waals surface area contributed by atoms with Crippen LogP contribution in [0.2, 0.25) is 0 Å². The predicted molar refractivity (Wildman–Crippen MR) is 124 cm³/mol. The summed E-state index contributed by atoms with van der Waals surface area (Å²) >= 11 is 2.41. The number of carbonyl (C=O) groups excluding carboxylic acids is 1. The molecule has 0 aliphatic heterocycles. The first kappa shape index (κ1) is 22.4. The first-order valence-corrected chi connectivity index (χ1v) is 11.5. The molecule has 0 bridgehead atoms. The Labute approximate surface area is 196 Å². The van der Waals surface area contributed by atoms with Crippen molar-refractivity contribution >= 4 is 39.8 Å². The van der Waals surface area contributed by atoms with Crippen molar-refractivity contribution in [1.29, 1.82) is 0 Å². The zero-order valence-corrected chi connectivity index (χ0v) is 18.9. The van der Waals surface area contributed by atoms with Crippen molar-refractivity contribution in [2.45, 2.75) is 12.1 Å². The largest absolute Gasteiger partial charge is 0.492 e. The van der Waals surface area contributed by atoms with Crippen molar-refractivity contribution in [1.82, 2.24) is 25.2 Å². The third kappa shape index (κ3) is 5.32. The van der Waals surface area contributed by atoms with Crippen LogP contribution in [0.1, 0.15) is 6.92 Å². The van der Waals surface area contributed by atoms with Gasteiger partial charge in [-0.2, -0.15) is 4.68 Å². The number of non-ortho nitro benzene ring substituents is 1. The minimum Gasteiger partial charge on any atom is -0.492 e. The minimum atomic E-state index is -0.462. The number of nitrogens with one attached hydrogen (secondary N) is 1. The Kier molecular flexibility index (Phi) is 6.90. The third-order valence-electron chi connectivity index (χ3n) is 4.27. The summed E-state index contributed by atoms with van der Waals surface area (Å²) in [5.41, 5.74) is 1.80. The van der Waals surface area contributed by atoms with E-state index in [2.05, 4.69) is 25.8 Å². The van der Waals surface area contributed by atoms with E-state index in [1.165, 1.54) is 39.9 Å². The maximum absolute atomic E-state index is 12.5. The number of amides is 1. The molecule has 0 radical (unpaired) electrons. The lowest BCUT2D eigenvalue weighted by molar-refractivity contribution is -0.384. The van der Waals surface area contributed by atoms with Crippen molar-refractivity contribution in [3.05, 3.63) is 64.0 Å². The lowest BCUT2D eigenvalue weighted by atomic mass is 10.1. The Morgan fingerprint density at radius 1 is 1.27 bits per heavy atom. The van der Waals surface area contributed by atoms with E-state index < -0.39 is 4.92 Å². The summed E-state index contributed by atoms with van der Waals surface area (Å²) in [6.07, 6.45) is 0. The number of rotatable bonds is 9. The molecule has 11 nitrogen and oxygen atoms in total. The Balaban J connectivity index is 1.40. The molecule has 2 aromatic carbocycles. The molecule has 0 unspecified atom stereocenters. The second-order valence-electron chi connectivity index (χ2n) is 6.46. The Hall–Kier alpha value is -3.84. The van der Waals surface area contributed by atoms with Crippen LogP contribution in [0.5, 0.6) is 5.75 Å². The molecule has 0 fully saturated rings. The van der Waals surface area contributed by atoms with Gasteiger partial charge in [-0.1, -0.05) is 36.0 Å². The highest BCUT2D eigenvalue weighted by Crippen LogP contribution is 2.28. The maximum Gasteiger partial charge on any atom is 0.270 e. The summed E-state index contributed by atoms with van der Waals surface area (Å²) in [5.74, 6) is 0.408. The van der Waals surface area contributed by atoms with E-state index in [9.17, 15) is 14.9 Å². The molecule has 168 valence electrons. The summed E-state index contributed by atoms with van der Waals surface area (Å²) in [7, 11) is 0. The van der Waals surface area contributed by atoms with Gasteiger partial charge in [-0.25, -0.2) is 4.98 Å². The number of nitrogens with zero attached hydrogens (tertiary/aromatic N) is 6. The Morgan fingerprint density at radius 2 is 2.12 bits per heavy atom. The second-order valence-corrected chi connectivity index (χ2v) is 8.26. The molecule has 4 aromatic rings. The second kappa shape index (κ2) is 10.2. The average molecular weight is 484 g/mol. The van der Waals surface area contributed by atoms with Crippen LogP contribution in [0.3, 0.4) is 0 Å². The SMILES string of the molecule is CCOc1ccccc1-n1nnnc1SCC(=O)Nc1nc(-c2cccc([N+](=O)[O-])c2)cs1. The van der Waals surface area contributed by atoms with Crippen LogP contribution in [0.15, 0.2) is 59.1 Å². The van der Waals surface area contributed by atoms with E-state index in [0.29, 0.717) is 39.6 Å². The molecule has 0 saturated carbocycles. The molecule has 0 spiro atoms. The zero-order valence-electron chi connectivity index (χ0n) is 17.2. The topological polar surface area (TPSA) is 138 Å². The Bertz CT molecular complexity index is 1290. The predicted octanol–water partition coefficient (Wildman–Crippen LogP) is 3.82. The fraction of sp³-hybridized carbons (Fsp3) is 0.150. The molecule has 13 heteroatoms. The van der Waals surface area contributed by atoms with Crippen LogP contribution >= 0.6 is 23.1 Å².